The van der Waals surface area contributed by atoms with Crippen molar-refractivity contribution in [1.29, 1.82) is 0 Å². The summed E-state index contributed by atoms with van der Waals surface area (Å²) in [6, 6.07) is 9.72. The van der Waals surface area contributed by atoms with Gasteiger partial charge < -0.3 is 19.6 Å². The largest absolute Gasteiger partial charge is 0.490 e. The zero-order valence-electron chi connectivity index (χ0n) is 13.8. The van der Waals surface area contributed by atoms with Crippen LogP contribution in [0.25, 0.3) is 0 Å². The number of hydrogen-bond donors (Lipinski definition) is 2. The van der Waals surface area contributed by atoms with Crippen molar-refractivity contribution in [2.24, 2.45) is 0 Å². The highest BCUT2D eigenvalue weighted by molar-refractivity contribution is 5.92. The molecule has 1 atom stereocenters. The summed E-state index contributed by atoms with van der Waals surface area (Å²) >= 11 is 0. The van der Waals surface area contributed by atoms with Gasteiger partial charge in [0.2, 0.25) is 0 Å². The molecule has 0 unspecified atom stereocenters. The maximum Gasteiger partial charge on any atom is 0.305 e. The third-order valence-electron chi connectivity index (χ3n) is 4.32. The second kappa shape index (κ2) is 7.88. The number of amides is 1. The molecule has 2 N–H and O–H groups in total. The fraction of sp³-hybridized carbons (Fsp3) is 0.368. The summed E-state index contributed by atoms with van der Waals surface area (Å²) in [4.78, 5) is 23.3. The fourth-order valence-corrected chi connectivity index (χ4v) is 3.04. The van der Waals surface area contributed by atoms with E-state index in [2.05, 4.69) is 5.32 Å². The van der Waals surface area contributed by atoms with Crippen LogP contribution < -0.4 is 10.1 Å². The molecular weight excluding hydrogens is 322 g/mol. The Morgan fingerprint density at radius 1 is 1.20 bits per heavy atom. The van der Waals surface area contributed by atoms with Gasteiger partial charge in [0.25, 0.3) is 5.91 Å². The number of carbonyl (C=O) groups is 2. The van der Waals surface area contributed by atoms with Gasteiger partial charge in [-0.1, -0.05) is 12.1 Å². The van der Waals surface area contributed by atoms with Crippen molar-refractivity contribution in [3.8, 4) is 5.75 Å². The predicted molar refractivity (Wildman–Crippen MR) is 90.5 cm³/mol. The molecule has 0 aliphatic heterocycles. The van der Waals surface area contributed by atoms with Gasteiger partial charge in [-0.15, -0.1) is 0 Å². The Morgan fingerprint density at radius 2 is 1.92 bits per heavy atom. The molecule has 132 valence electrons. The topological polar surface area (TPSA) is 88.8 Å². The molecule has 1 aromatic heterocycles. The van der Waals surface area contributed by atoms with Crippen molar-refractivity contribution in [3.63, 3.8) is 0 Å². The molecule has 1 heterocycles. The Labute approximate surface area is 145 Å². The van der Waals surface area contributed by atoms with E-state index in [1.165, 1.54) is 25.2 Å². The predicted octanol–water partition coefficient (Wildman–Crippen LogP) is 3.55. The molecule has 0 radical (unpaired) electrons. The zero-order chi connectivity index (χ0) is 17.6. The summed E-state index contributed by atoms with van der Waals surface area (Å²) in [6.07, 6.45) is 5.99. The number of nitrogens with one attached hydrogen (secondary N) is 1. The fourth-order valence-electron chi connectivity index (χ4n) is 3.04. The Kier molecular flexibility index (Phi) is 5.38. The third-order valence-corrected chi connectivity index (χ3v) is 4.32. The van der Waals surface area contributed by atoms with Crippen LogP contribution in [0.4, 0.5) is 0 Å². The third kappa shape index (κ3) is 4.62. The molecule has 1 saturated carbocycles. The van der Waals surface area contributed by atoms with Gasteiger partial charge in [-0.25, -0.2) is 0 Å². The van der Waals surface area contributed by atoms with Crippen molar-refractivity contribution in [2.45, 2.75) is 44.2 Å². The van der Waals surface area contributed by atoms with E-state index < -0.39 is 17.9 Å². The minimum Gasteiger partial charge on any atom is -0.490 e. The minimum absolute atomic E-state index is 0.150. The molecule has 3 rings (SSSR count). The molecule has 0 saturated heterocycles. The first-order valence-corrected chi connectivity index (χ1v) is 8.44. The van der Waals surface area contributed by atoms with Gasteiger partial charge in [0.15, 0.2) is 5.76 Å². The van der Waals surface area contributed by atoms with E-state index in [0.29, 0.717) is 5.56 Å². The van der Waals surface area contributed by atoms with Gasteiger partial charge >= 0.3 is 5.97 Å². The summed E-state index contributed by atoms with van der Waals surface area (Å²) in [6.45, 7) is 0. The summed E-state index contributed by atoms with van der Waals surface area (Å²) in [5.41, 5.74) is 0.709. The van der Waals surface area contributed by atoms with E-state index in [1.807, 2.05) is 12.1 Å². The number of furan rings is 1. The van der Waals surface area contributed by atoms with Gasteiger partial charge in [0, 0.05) is 0 Å². The smallest absolute Gasteiger partial charge is 0.305 e. The number of rotatable bonds is 7. The van der Waals surface area contributed by atoms with Crippen LogP contribution in [0.1, 0.15) is 54.3 Å². The second-order valence-electron chi connectivity index (χ2n) is 6.19. The molecule has 1 aliphatic rings. The number of carboxylic acid groups (broad SMARTS) is 1. The van der Waals surface area contributed by atoms with Gasteiger partial charge in [-0.2, -0.15) is 0 Å². The van der Waals surface area contributed by atoms with Crippen LogP contribution in [0, 0.1) is 0 Å². The van der Waals surface area contributed by atoms with Gasteiger partial charge in [0.05, 0.1) is 24.8 Å². The van der Waals surface area contributed by atoms with Crippen molar-refractivity contribution in [2.75, 3.05) is 0 Å². The summed E-state index contributed by atoms with van der Waals surface area (Å²) in [5.74, 6) is -0.516. The number of ether oxygens (including phenoxy) is 1. The van der Waals surface area contributed by atoms with Gasteiger partial charge in [-0.3, -0.25) is 9.59 Å². The summed E-state index contributed by atoms with van der Waals surface area (Å²) < 4.78 is 11.0. The molecule has 0 bridgehead atoms. The lowest BCUT2D eigenvalue weighted by Crippen LogP contribution is -2.29. The average Bonchev–Trinajstić information content (AvgIpc) is 3.28. The number of carboxylic acids is 1. The standard InChI is InChI=1S/C19H21NO5/c21-18(22)12-16(20-19(23)17-6-3-11-24-17)13-7-9-15(10-8-13)25-14-4-1-2-5-14/h3,6-11,14,16H,1-2,4-5,12H2,(H,20,23)(H,21,22)/t16-/m1/s1. The highest BCUT2D eigenvalue weighted by Gasteiger charge is 2.21. The Bertz CT molecular complexity index is 702. The SMILES string of the molecule is O=C(O)C[C@@H](NC(=O)c1ccco1)c1ccc(OC2CCCC2)cc1. The number of benzene rings is 1. The molecule has 6 nitrogen and oxygen atoms in total. The minimum atomic E-state index is -0.990. The normalized spacial score (nSPS) is 15.7. The van der Waals surface area contributed by atoms with E-state index >= 15 is 0 Å². The summed E-state index contributed by atoms with van der Waals surface area (Å²) in [7, 11) is 0. The molecular formula is C19H21NO5. The number of hydrogen-bond acceptors (Lipinski definition) is 4. The monoisotopic (exact) mass is 343 g/mol. The Morgan fingerprint density at radius 3 is 2.52 bits per heavy atom. The lowest BCUT2D eigenvalue weighted by molar-refractivity contribution is -0.137. The lowest BCUT2D eigenvalue weighted by Gasteiger charge is -2.18. The van der Waals surface area contributed by atoms with Crippen molar-refractivity contribution in [1.82, 2.24) is 5.32 Å². The van der Waals surface area contributed by atoms with Crippen LogP contribution in [-0.4, -0.2) is 23.1 Å². The number of carbonyl (C=O) groups excluding carboxylic acids is 1. The molecule has 25 heavy (non-hydrogen) atoms. The molecule has 2 aromatic rings. The van der Waals surface area contributed by atoms with Crippen LogP contribution in [0.3, 0.4) is 0 Å². The average molecular weight is 343 g/mol. The number of aliphatic carboxylic acids is 1. The van der Waals surface area contributed by atoms with Crippen LogP contribution in [0.5, 0.6) is 5.75 Å². The van der Waals surface area contributed by atoms with Crippen molar-refractivity contribution in [3.05, 3.63) is 54.0 Å². The Balaban J connectivity index is 1.69. The maximum absolute atomic E-state index is 12.1. The van der Waals surface area contributed by atoms with Crippen molar-refractivity contribution < 1.29 is 23.8 Å². The van der Waals surface area contributed by atoms with E-state index in [1.54, 1.807) is 18.2 Å². The molecule has 1 amide bonds. The summed E-state index contributed by atoms with van der Waals surface area (Å²) in [5, 5.41) is 11.8. The van der Waals surface area contributed by atoms with Crippen LogP contribution in [0.2, 0.25) is 0 Å². The molecule has 1 fully saturated rings. The van der Waals surface area contributed by atoms with E-state index in [-0.39, 0.29) is 18.3 Å². The first kappa shape index (κ1) is 17.1. The van der Waals surface area contributed by atoms with Gasteiger partial charge in [0.1, 0.15) is 5.75 Å². The zero-order valence-corrected chi connectivity index (χ0v) is 13.8. The molecule has 1 aliphatic carbocycles. The van der Waals surface area contributed by atoms with E-state index in [9.17, 15) is 9.59 Å². The first-order chi connectivity index (χ1) is 12.1. The van der Waals surface area contributed by atoms with E-state index in [4.69, 9.17) is 14.3 Å². The molecule has 0 spiro atoms. The quantitative estimate of drug-likeness (QED) is 0.802. The Hall–Kier alpha value is -2.76. The lowest BCUT2D eigenvalue weighted by atomic mass is 10.0. The first-order valence-electron chi connectivity index (χ1n) is 8.44. The maximum atomic E-state index is 12.1. The molecule has 1 aromatic carbocycles. The second-order valence-corrected chi connectivity index (χ2v) is 6.19. The van der Waals surface area contributed by atoms with Crippen LogP contribution >= 0.6 is 0 Å². The highest BCUT2D eigenvalue weighted by Crippen LogP contribution is 2.26. The molecule has 6 heteroatoms. The van der Waals surface area contributed by atoms with Crippen LogP contribution in [-0.2, 0) is 4.79 Å². The van der Waals surface area contributed by atoms with Crippen LogP contribution in [0.15, 0.2) is 47.1 Å². The van der Waals surface area contributed by atoms with E-state index in [0.717, 1.165) is 18.6 Å². The highest BCUT2D eigenvalue weighted by atomic mass is 16.5. The van der Waals surface area contributed by atoms with Crippen molar-refractivity contribution >= 4 is 11.9 Å². The van der Waals surface area contributed by atoms with Gasteiger partial charge in [-0.05, 0) is 55.5 Å².